The van der Waals surface area contributed by atoms with Crippen molar-refractivity contribution < 1.29 is 0 Å². The number of nitrogens with two attached hydrogens (primary N) is 1. The van der Waals surface area contributed by atoms with Crippen molar-refractivity contribution in [3.05, 3.63) is 53.7 Å². The molecule has 0 radical (unpaired) electrons. The number of rotatable bonds is 5. The van der Waals surface area contributed by atoms with Crippen molar-refractivity contribution in [2.45, 2.75) is 26.4 Å². The Bertz CT molecular complexity index is 583. The number of aromatic nitrogens is 2. The Morgan fingerprint density at radius 1 is 1.25 bits per heavy atom. The lowest BCUT2D eigenvalue weighted by Gasteiger charge is -2.29. The van der Waals surface area contributed by atoms with Crippen molar-refractivity contribution in [2.75, 3.05) is 4.90 Å². The molecule has 0 bridgehead atoms. The van der Waals surface area contributed by atoms with E-state index in [0.29, 0.717) is 4.99 Å². The topological polar surface area (TPSA) is 55.0 Å². The van der Waals surface area contributed by atoms with Crippen LogP contribution in [-0.2, 0) is 6.54 Å². The van der Waals surface area contributed by atoms with Gasteiger partial charge in [-0.2, -0.15) is 5.10 Å². The van der Waals surface area contributed by atoms with Gasteiger partial charge in [-0.3, -0.25) is 0 Å². The molecule has 1 aromatic carbocycles. The van der Waals surface area contributed by atoms with E-state index in [-0.39, 0.29) is 6.04 Å². The smallest absolute Gasteiger partial charge is 0.162 e. The molecule has 0 saturated carbocycles. The van der Waals surface area contributed by atoms with Crippen LogP contribution >= 0.6 is 12.2 Å². The van der Waals surface area contributed by atoms with Crippen molar-refractivity contribution >= 4 is 23.0 Å². The summed E-state index contributed by atoms with van der Waals surface area (Å²) in [7, 11) is 0. The highest BCUT2D eigenvalue weighted by Gasteiger charge is 2.18. The lowest BCUT2D eigenvalue weighted by atomic mass is 10.1. The van der Waals surface area contributed by atoms with E-state index in [4.69, 9.17) is 18.0 Å². The fourth-order valence-electron chi connectivity index (χ4n) is 2.01. The van der Waals surface area contributed by atoms with Crippen LogP contribution in [0.15, 0.2) is 42.6 Å². The number of thiocarbonyl (C=S) groups is 1. The second-order valence-corrected chi connectivity index (χ2v) is 5.28. The maximum atomic E-state index is 5.78. The molecule has 4 nitrogen and oxygen atoms in total. The van der Waals surface area contributed by atoms with Crippen LogP contribution in [0.5, 0.6) is 0 Å². The molecule has 0 saturated heterocycles. The molecular weight excluding hydrogens is 268 g/mol. The van der Waals surface area contributed by atoms with Gasteiger partial charge >= 0.3 is 0 Å². The molecule has 2 N–H and O–H groups in total. The lowest BCUT2D eigenvalue weighted by Crippen LogP contribution is -2.33. The molecule has 1 heterocycles. The highest BCUT2D eigenvalue weighted by Crippen LogP contribution is 2.21. The van der Waals surface area contributed by atoms with Crippen LogP contribution in [0, 0.1) is 0 Å². The molecule has 5 heteroatoms. The first-order valence-corrected chi connectivity index (χ1v) is 6.92. The molecule has 104 valence electrons. The Kier molecular flexibility index (Phi) is 4.63. The van der Waals surface area contributed by atoms with Gasteiger partial charge < -0.3 is 10.6 Å². The van der Waals surface area contributed by atoms with E-state index in [1.807, 2.05) is 24.3 Å². The molecule has 0 fully saturated rings. The Morgan fingerprint density at radius 3 is 2.55 bits per heavy atom. The second-order valence-electron chi connectivity index (χ2n) is 4.84. The van der Waals surface area contributed by atoms with Crippen molar-refractivity contribution in [1.82, 2.24) is 10.2 Å². The Hall–Kier alpha value is -2.01. The van der Waals surface area contributed by atoms with Crippen LogP contribution in [0.25, 0.3) is 0 Å². The summed E-state index contributed by atoms with van der Waals surface area (Å²) in [6, 6.07) is 12.3. The van der Waals surface area contributed by atoms with E-state index >= 15 is 0 Å². The van der Waals surface area contributed by atoms with Crippen LogP contribution in [0.1, 0.15) is 25.0 Å². The molecule has 0 spiro atoms. The van der Waals surface area contributed by atoms with E-state index in [1.54, 1.807) is 6.20 Å². The van der Waals surface area contributed by atoms with Crippen LogP contribution in [-0.4, -0.2) is 21.2 Å². The Morgan fingerprint density at radius 2 is 1.95 bits per heavy atom. The molecule has 0 aliphatic heterocycles. The summed E-state index contributed by atoms with van der Waals surface area (Å²) in [6.07, 6.45) is 1.61. The quantitative estimate of drug-likeness (QED) is 0.856. The van der Waals surface area contributed by atoms with E-state index in [0.717, 1.165) is 17.9 Å². The van der Waals surface area contributed by atoms with Gasteiger partial charge in [0.1, 0.15) is 4.99 Å². The molecule has 0 aliphatic rings. The van der Waals surface area contributed by atoms with Crippen LogP contribution in [0.2, 0.25) is 0 Å². The van der Waals surface area contributed by atoms with Gasteiger partial charge in [-0.1, -0.05) is 42.5 Å². The fraction of sp³-hybridized carbons (Fsp3) is 0.267. The SMILES string of the molecule is CC(C)N(Cc1ccccc1)c1nnccc1C(N)=S. The zero-order valence-electron chi connectivity index (χ0n) is 11.7. The highest BCUT2D eigenvalue weighted by atomic mass is 32.1. The number of hydrogen-bond acceptors (Lipinski definition) is 4. The minimum absolute atomic E-state index is 0.264. The molecule has 0 aliphatic carbocycles. The van der Waals surface area contributed by atoms with Crippen molar-refractivity contribution in [1.29, 1.82) is 0 Å². The standard InChI is InChI=1S/C15H18N4S/c1-11(2)19(10-12-6-4-3-5-7-12)15-13(14(16)20)8-9-17-18-15/h3-9,11H,10H2,1-2H3,(H2,16,20). The normalized spacial score (nSPS) is 10.6. The summed E-state index contributed by atoms with van der Waals surface area (Å²) >= 11 is 5.10. The third-order valence-electron chi connectivity index (χ3n) is 3.06. The number of nitrogens with zero attached hydrogens (tertiary/aromatic N) is 3. The Balaban J connectivity index is 2.37. The Labute approximate surface area is 124 Å². The molecule has 20 heavy (non-hydrogen) atoms. The summed E-state index contributed by atoms with van der Waals surface area (Å²) in [6.45, 7) is 4.97. The zero-order valence-corrected chi connectivity index (χ0v) is 12.5. The minimum Gasteiger partial charge on any atom is -0.389 e. The summed E-state index contributed by atoms with van der Waals surface area (Å²) in [5, 5.41) is 8.19. The first-order valence-electron chi connectivity index (χ1n) is 6.51. The van der Waals surface area contributed by atoms with Gasteiger partial charge in [0, 0.05) is 12.6 Å². The van der Waals surface area contributed by atoms with E-state index in [1.165, 1.54) is 5.56 Å². The molecule has 0 unspecified atom stereocenters. The molecule has 0 atom stereocenters. The molecule has 2 aromatic rings. The highest BCUT2D eigenvalue weighted by molar-refractivity contribution is 7.80. The van der Waals surface area contributed by atoms with Gasteiger partial charge in [0.15, 0.2) is 5.82 Å². The maximum Gasteiger partial charge on any atom is 0.162 e. The number of anilines is 1. The van der Waals surface area contributed by atoms with Gasteiger partial charge in [0.2, 0.25) is 0 Å². The summed E-state index contributed by atoms with van der Waals surface area (Å²) in [4.78, 5) is 2.49. The lowest BCUT2D eigenvalue weighted by molar-refractivity contribution is 0.665. The van der Waals surface area contributed by atoms with E-state index < -0.39 is 0 Å². The van der Waals surface area contributed by atoms with Crippen molar-refractivity contribution in [3.8, 4) is 0 Å². The number of benzene rings is 1. The third-order valence-corrected chi connectivity index (χ3v) is 3.28. The first-order chi connectivity index (χ1) is 9.59. The van der Waals surface area contributed by atoms with Gasteiger partial charge in [-0.15, -0.1) is 5.10 Å². The van der Waals surface area contributed by atoms with E-state index in [9.17, 15) is 0 Å². The van der Waals surface area contributed by atoms with Crippen molar-refractivity contribution in [3.63, 3.8) is 0 Å². The molecular formula is C15H18N4S. The minimum atomic E-state index is 0.264. The monoisotopic (exact) mass is 286 g/mol. The summed E-state index contributed by atoms with van der Waals surface area (Å²) < 4.78 is 0. The summed E-state index contributed by atoms with van der Waals surface area (Å²) in [5.41, 5.74) is 7.76. The van der Waals surface area contributed by atoms with Crippen molar-refractivity contribution in [2.24, 2.45) is 5.73 Å². The average Bonchev–Trinajstić information content (AvgIpc) is 2.45. The molecule has 1 aromatic heterocycles. The van der Waals surface area contributed by atoms with Crippen LogP contribution < -0.4 is 10.6 Å². The third kappa shape index (κ3) is 3.30. The largest absolute Gasteiger partial charge is 0.389 e. The average molecular weight is 286 g/mol. The van der Waals surface area contributed by atoms with Gasteiger partial charge in [0.25, 0.3) is 0 Å². The van der Waals surface area contributed by atoms with Gasteiger partial charge in [-0.25, -0.2) is 0 Å². The number of hydrogen-bond donors (Lipinski definition) is 1. The maximum absolute atomic E-state index is 5.78. The second kappa shape index (κ2) is 6.43. The summed E-state index contributed by atoms with van der Waals surface area (Å²) in [5.74, 6) is 0.735. The first kappa shape index (κ1) is 14.4. The van der Waals surface area contributed by atoms with Crippen LogP contribution in [0.3, 0.4) is 0 Å². The van der Waals surface area contributed by atoms with E-state index in [2.05, 4.69) is 41.1 Å². The molecule has 2 rings (SSSR count). The predicted molar refractivity (Wildman–Crippen MR) is 85.7 cm³/mol. The predicted octanol–water partition coefficient (Wildman–Crippen LogP) is 2.53. The van der Waals surface area contributed by atoms with Crippen LogP contribution in [0.4, 0.5) is 5.82 Å². The van der Waals surface area contributed by atoms with Gasteiger partial charge in [-0.05, 0) is 25.5 Å². The fourth-order valence-corrected chi connectivity index (χ4v) is 2.17. The molecule has 0 amide bonds. The van der Waals surface area contributed by atoms with Gasteiger partial charge in [0.05, 0.1) is 11.8 Å². The zero-order chi connectivity index (χ0) is 14.5.